The quantitative estimate of drug-likeness (QED) is 0.725. The predicted octanol–water partition coefficient (Wildman–Crippen LogP) is 5.25. The van der Waals surface area contributed by atoms with Gasteiger partial charge in [-0.25, -0.2) is 22.4 Å². The first-order valence-corrected chi connectivity index (χ1v) is 8.63. The molecule has 1 atom stereocenters. The van der Waals surface area contributed by atoms with Crippen molar-refractivity contribution in [1.29, 1.82) is 0 Å². The summed E-state index contributed by atoms with van der Waals surface area (Å²) in [6, 6.07) is 0. The molecule has 26 heavy (non-hydrogen) atoms. The van der Waals surface area contributed by atoms with E-state index in [9.17, 15) is 22.4 Å². The summed E-state index contributed by atoms with van der Waals surface area (Å²) in [4.78, 5) is 11.6. The first-order valence-electron chi connectivity index (χ1n) is 8.63. The van der Waals surface area contributed by atoms with Crippen molar-refractivity contribution in [2.75, 3.05) is 11.9 Å². The van der Waals surface area contributed by atoms with Crippen LogP contribution in [0.2, 0.25) is 0 Å². The molecule has 150 valence electrons. The highest BCUT2D eigenvalue weighted by molar-refractivity contribution is 5.84. The number of hydrogen-bond acceptors (Lipinski definition) is 3. The van der Waals surface area contributed by atoms with Crippen molar-refractivity contribution in [3.8, 4) is 0 Å². The molecule has 0 aromatic carbocycles. The molecule has 1 aliphatic carbocycles. The van der Waals surface area contributed by atoms with Gasteiger partial charge in [-0.3, -0.25) is 10.00 Å². The molecule has 1 fully saturated rings. The lowest BCUT2D eigenvalue weighted by Gasteiger charge is -2.12. The molecule has 1 aromatic heterocycles. The average molecular weight is 381 g/mol. The smallest absolute Gasteiger partial charge is 0.413 e. The Morgan fingerprint density at radius 3 is 2.46 bits per heavy atom. The second-order valence-electron chi connectivity index (χ2n) is 6.76. The first kappa shape index (κ1) is 22.2. The Hall–Kier alpha value is -1.80. The van der Waals surface area contributed by atoms with Crippen LogP contribution in [0.3, 0.4) is 0 Å². The van der Waals surface area contributed by atoms with Crippen molar-refractivity contribution in [3.63, 3.8) is 0 Å². The van der Waals surface area contributed by atoms with Crippen molar-refractivity contribution in [1.82, 2.24) is 9.78 Å². The number of alkyl halides is 4. The van der Waals surface area contributed by atoms with Crippen LogP contribution in [0.1, 0.15) is 63.6 Å². The number of amides is 1. The Labute approximate surface area is 151 Å². The number of hydrogen-bond donors (Lipinski definition) is 1. The predicted molar refractivity (Wildman–Crippen MR) is 91.0 cm³/mol. The second kappa shape index (κ2) is 8.73. The van der Waals surface area contributed by atoms with Crippen molar-refractivity contribution < 1.29 is 27.1 Å². The zero-order valence-corrected chi connectivity index (χ0v) is 15.8. The average Bonchev–Trinajstić information content (AvgIpc) is 2.99. The molecule has 1 amide bonds. The van der Waals surface area contributed by atoms with Gasteiger partial charge in [0.05, 0.1) is 5.69 Å². The van der Waals surface area contributed by atoms with Gasteiger partial charge in [0, 0.05) is 38.3 Å². The molecular formula is C17H27F4N3O2. The minimum Gasteiger partial charge on any atom is -0.443 e. The third-order valence-electron chi connectivity index (χ3n) is 3.79. The van der Waals surface area contributed by atoms with Gasteiger partial charge in [-0.15, -0.1) is 0 Å². The maximum absolute atomic E-state index is 13.3. The van der Waals surface area contributed by atoms with Crippen molar-refractivity contribution in [2.24, 2.45) is 7.05 Å². The molecule has 5 nitrogen and oxygen atoms in total. The number of carbonyl (C=O) groups excluding carboxylic acids is 1. The van der Waals surface area contributed by atoms with Crippen molar-refractivity contribution in [2.45, 2.75) is 71.1 Å². The SMILES string of the molecule is CCC.Cc1c(C2CCC(F)(F)C2)nn(C)c1NC(=O)OCC(C)(F)F. The molecule has 9 heteroatoms. The van der Waals surface area contributed by atoms with Crippen molar-refractivity contribution >= 4 is 11.9 Å². The summed E-state index contributed by atoms with van der Waals surface area (Å²) in [5, 5.41) is 6.52. The lowest BCUT2D eigenvalue weighted by molar-refractivity contribution is -0.0358. The summed E-state index contributed by atoms with van der Waals surface area (Å²) in [5.74, 6) is -5.96. The van der Waals surface area contributed by atoms with Crippen LogP contribution in [0, 0.1) is 6.92 Å². The van der Waals surface area contributed by atoms with Crippen LogP contribution in [0.15, 0.2) is 0 Å². The summed E-state index contributed by atoms with van der Waals surface area (Å²) in [6.45, 7) is 5.48. The molecule has 1 unspecified atom stereocenters. The molecule has 1 saturated carbocycles. The Morgan fingerprint density at radius 2 is 2.00 bits per heavy atom. The van der Waals surface area contributed by atoms with E-state index in [2.05, 4.69) is 29.0 Å². The normalized spacial score (nSPS) is 18.9. The van der Waals surface area contributed by atoms with Crippen molar-refractivity contribution in [3.05, 3.63) is 11.3 Å². The van der Waals surface area contributed by atoms with E-state index in [0.29, 0.717) is 24.6 Å². The zero-order valence-electron chi connectivity index (χ0n) is 15.8. The number of aryl methyl sites for hydroxylation is 1. The summed E-state index contributed by atoms with van der Waals surface area (Å²) >= 11 is 0. The van der Waals surface area contributed by atoms with E-state index >= 15 is 0 Å². The molecule has 0 spiro atoms. The topological polar surface area (TPSA) is 56.2 Å². The summed E-state index contributed by atoms with van der Waals surface area (Å²) in [5.41, 5.74) is 1.02. The molecule has 1 aromatic rings. The van der Waals surface area contributed by atoms with E-state index in [1.165, 1.54) is 18.2 Å². The number of anilines is 1. The fourth-order valence-corrected chi connectivity index (χ4v) is 2.72. The number of halogens is 4. The number of ether oxygens (including phenoxy) is 1. The van der Waals surface area contributed by atoms with E-state index in [0.717, 1.165) is 0 Å². The van der Waals surface area contributed by atoms with Gasteiger partial charge < -0.3 is 4.74 Å². The first-order chi connectivity index (χ1) is 11.9. The van der Waals surface area contributed by atoms with Gasteiger partial charge in [-0.2, -0.15) is 5.10 Å². The van der Waals surface area contributed by atoms with Gasteiger partial charge in [0.2, 0.25) is 5.92 Å². The summed E-state index contributed by atoms with van der Waals surface area (Å²) < 4.78 is 57.8. The molecule has 1 heterocycles. The molecule has 0 saturated heterocycles. The number of rotatable bonds is 4. The summed E-state index contributed by atoms with van der Waals surface area (Å²) in [6.07, 6.45) is 0.0541. The highest BCUT2D eigenvalue weighted by Crippen LogP contribution is 2.45. The molecule has 1 aliphatic rings. The van der Waals surface area contributed by atoms with Gasteiger partial charge in [0.15, 0.2) is 6.61 Å². The molecule has 0 radical (unpaired) electrons. The number of carbonyl (C=O) groups is 1. The minimum atomic E-state index is -3.13. The van der Waals surface area contributed by atoms with E-state index in [1.54, 1.807) is 6.92 Å². The van der Waals surface area contributed by atoms with Gasteiger partial charge in [0.1, 0.15) is 5.82 Å². The molecular weight excluding hydrogens is 354 g/mol. The Morgan fingerprint density at radius 1 is 1.42 bits per heavy atom. The second-order valence-corrected chi connectivity index (χ2v) is 6.76. The van der Waals surface area contributed by atoms with Gasteiger partial charge >= 0.3 is 6.09 Å². The van der Waals surface area contributed by atoms with E-state index < -0.39 is 24.5 Å². The number of aromatic nitrogens is 2. The van der Waals surface area contributed by atoms with Gasteiger partial charge in [-0.1, -0.05) is 20.3 Å². The third kappa shape index (κ3) is 6.49. The standard InChI is InChI=1S/C14H19F4N3O2.C3H8/c1-8-10(9-4-5-14(17,18)6-9)20-21(3)11(8)19-12(22)23-7-13(2,15)16;1-3-2/h9H,4-7H2,1-3H3,(H,19,22);3H2,1-2H3. The Bertz CT molecular complexity index is 612. The van der Waals surface area contributed by atoms with Crippen LogP contribution in [0.4, 0.5) is 28.2 Å². The number of nitrogens with zero attached hydrogens (tertiary/aromatic N) is 2. The van der Waals surface area contributed by atoms with E-state index in [4.69, 9.17) is 0 Å². The molecule has 1 N–H and O–H groups in total. The Balaban J connectivity index is 0.00000105. The van der Waals surface area contributed by atoms with Crippen LogP contribution in [0.25, 0.3) is 0 Å². The van der Waals surface area contributed by atoms with Crippen LogP contribution in [-0.2, 0) is 11.8 Å². The lowest BCUT2D eigenvalue weighted by atomic mass is 10.0. The van der Waals surface area contributed by atoms with Crippen LogP contribution < -0.4 is 5.32 Å². The maximum Gasteiger partial charge on any atom is 0.413 e. The fraction of sp³-hybridized carbons (Fsp3) is 0.765. The highest BCUT2D eigenvalue weighted by Gasteiger charge is 2.41. The molecule has 2 rings (SSSR count). The zero-order chi connectivity index (χ0) is 20.1. The largest absolute Gasteiger partial charge is 0.443 e. The van der Waals surface area contributed by atoms with E-state index in [1.807, 2.05) is 0 Å². The van der Waals surface area contributed by atoms with Crippen LogP contribution >= 0.6 is 0 Å². The molecule has 0 aliphatic heterocycles. The lowest BCUT2D eigenvalue weighted by Crippen LogP contribution is -2.25. The molecule has 0 bridgehead atoms. The van der Waals surface area contributed by atoms with Gasteiger partial charge in [0.25, 0.3) is 5.92 Å². The number of nitrogens with one attached hydrogen (secondary N) is 1. The third-order valence-corrected chi connectivity index (χ3v) is 3.79. The minimum absolute atomic E-state index is 0.190. The monoisotopic (exact) mass is 381 g/mol. The van der Waals surface area contributed by atoms with Crippen LogP contribution in [0.5, 0.6) is 0 Å². The summed E-state index contributed by atoms with van der Waals surface area (Å²) in [7, 11) is 1.54. The maximum atomic E-state index is 13.3. The van der Waals surface area contributed by atoms with E-state index in [-0.39, 0.29) is 24.6 Å². The highest BCUT2D eigenvalue weighted by atomic mass is 19.3. The van der Waals surface area contributed by atoms with Crippen LogP contribution in [-0.4, -0.2) is 34.3 Å². The Kier molecular flexibility index (Phi) is 7.46. The fourth-order valence-electron chi connectivity index (χ4n) is 2.72. The van der Waals surface area contributed by atoms with Gasteiger partial charge in [-0.05, 0) is 13.3 Å².